The second-order valence-electron chi connectivity index (χ2n) is 4.41. The fourth-order valence-corrected chi connectivity index (χ4v) is 2.69. The summed E-state index contributed by atoms with van der Waals surface area (Å²) in [4.78, 5) is 11.8. The van der Waals surface area contributed by atoms with E-state index < -0.39 is 0 Å². The molecule has 0 bridgehead atoms. The molecule has 1 aromatic carbocycles. The number of thioether (sulfide) groups is 1. The molecule has 112 valence electrons. The maximum atomic E-state index is 11.8. The zero-order chi connectivity index (χ0) is 15.1. The summed E-state index contributed by atoms with van der Waals surface area (Å²) in [7, 11) is 0. The van der Waals surface area contributed by atoms with Crippen LogP contribution in [0.3, 0.4) is 0 Å². The highest BCUT2D eigenvalue weighted by Gasteiger charge is 2.07. The van der Waals surface area contributed by atoms with E-state index in [1.807, 2.05) is 35.8 Å². The van der Waals surface area contributed by atoms with Crippen LogP contribution in [0.1, 0.15) is 12.5 Å². The number of rotatable bonds is 7. The van der Waals surface area contributed by atoms with Gasteiger partial charge < -0.3 is 9.88 Å². The molecule has 7 heteroatoms. The highest BCUT2D eigenvalue weighted by molar-refractivity contribution is 7.99. The Labute approximate surface area is 133 Å². The molecule has 0 aliphatic heterocycles. The lowest BCUT2D eigenvalue weighted by atomic mass is 10.1. The fraction of sp³-hybridized carbons (Fsp3) is 0.357. The Morgan fingerprint density at radius 3 is 2.86 bits per heavy atom. The molecule has 0 saturated heterocycles. The molecule has 1 heterocycles. The van der Waals surface area contributed by atoms with Crippen molar-refractivity contribution in [1.82, 2.24) is 20.1 Å². The van der Waals surface area contributed by atoms with E-state index in [1.165, 1.54) is 11.8 Å². The van der Waals surface area contributed by atoms with Gasteiger partial charge in [0.25, 0.3) is 0 Å². The topological polar surface area (TPSA) is 59.8 Å². The van der Waals surface area contributed by atoms with Crippen molar-refractivity contribution in [2.75, 3.05) is 12.3 Å². The summed E-state index contributed by atoms with van der Waals surface area (Å²) in [6.07, 6.45) is 2.46. The van der Waals surface area contributed by atoms with Crippen molar-refractivity contribution in [3.05, 3.63) is 41.2 Å². The maximum absolute atomic E-state index is 11.8. The van der Waals surface area contributed by atoms with Crippen LogP contribution in [0.4, 0.5) is 0 Å². The number of carbonyl (C=O) groups is 1. The molecule has 0 radical (unpaired) electrons. The van der Waals surface area contributed by atoms with Gasteiger partial charge in [0.15, 0.2) is 5.16 Å². The molecule has 0 fully saturated rings. The van der Waals surface area contributed by atoms with Crippen LogP contribution in [0, 0.1) is 0 Å². The van der Waals surface area contributed by atoms with Gasteiger partial charge in [-0.05, 0) is 31.0 Å². The summed E-state index contributed by atoms with van der Waals surface area (Å²) in [6.45, 7) is 3.43. The number of amides is 1. The van der Waals surface area contributed by atoms with Crippen LogP contribution >= 0.6 is 23.4 Å². The number of carbonyl (C=O) groups excluding carboxylic acids is 1. The molecule has 1 aromatic heterocycles. The van der Waals surface area contributed by atoms with Crippen molar-refractivity contribution in [1.29, 1.82) is 0 Å². The molecular formula is C14H17ClN4OS. The summed E-state index contributed by atoms with van der Waals surface area (Å²) < 4.78 is 1.91. The first kappa shape index (κ1) is 15.9. The van der Waals surface area contributed by atoms with Crippen LogP contribution in [-0.2, 0) is 17.8 Å². The maximum Gasteiger partial charge on any atom is 0.230 e. The molecule has 0 aliphatic carbocycles. The second-order valence-corrected chi connectivity index (χ2v) is 5.79. The molecule has 1 amide bonds. The van der Waals surface area contributed by atoms with E-state index in [9.17, 15) is 4.79 Å². The molecule has 5 nitrogen and oxygen atoms in total. The minimum Gasteiger partial charge on any atom is -0.355 e. The number of aromatic nitrogens is 3. The van der Waals surface area contributed by atoms with Crippen molar-refractivity contribution in [3.8, 4) is 0 Å². The van der Waals surface area contributed by atoms with Gasteiger partial charge in [-0.15, -0.1) is 10.2 Å². The molecular weight excluding hydrogens is 308 g/mol. The smallest absolute Gasteiger partial charge is 0.230 e. The van der Waals surface area contributed by atoms with E-state index in [0.29, 0.717) is 12.3 Å². The lowest BCUT2D eigenvalue weighted by Crippen LogP contribution is -2.27. The Bertz CT molecular complexity index is 585. The third-order valence-electron chi connectivity index (χ3n) is 2.90. The third-order valence-corrected chi connectivity index (χ3v) is 4.14. The summed E-state index contributed by atoms with van der Waals surface area (Å²) in [5.74, 6) is 0.346. The lowest BCUT2D eigenvalue weighted by molar-refractivity contribution is -0.118. The zero-order valence-corrected chi connectivity index (χ0v) is 13.3. The molecule has 21 heavy (non-hydrogen) atoms. The molecule has 0 aliphatic rings. The number of nitrogens with zero attached hydrogens (tertiary/aromatic N) is 3. The van der Waals surface area contributed by atoms with Gasteiger partial charge in [0.2, 0.25) is 5.91 Å². The molecule has 0 atom stereocenters. The van der Waals surface area contributed by atoms with Crippen LogP contribution in [-0.4, -0.2) is 33.0 Å². The number of halogens is 1. The average molecular weight is 325 g/mol. The first-order valence-corrected chi connectivity index (χ1v) is 8.07. The van der Waals surface area contributed by atoms with Gasteiger partial charge in [-0.25, -0.2) is 0 Å². The van der Waals surface area contributed by atoms with Gasteiger partial charge in [0.1, 0.15) is 6.33 Å². The summed E-state index contributed by atoms with van der Waals surface area (Å²) in [6, 6.07) is 7.64. The van der Waals surface area contributed by atoms with E-state index in [-0.39, 0.29) is 5.91 Å². The van der Waals surface area contributed by atoms with Gasteiger partial charge in [-0.3, -0.25) is 4.79 Å². The van der Waals surface area contributed by atoms with E-state index in [2.05, 4.69) is 15.5 Å². The fourth-order valence-electron chi connectivity index (χ4n) is 1.75. The lowest BCUT2D eigenvalue weighted by Gasteiger charge is -2.06. The second kappa shape index (κ2) is 8.05. The zero-order valence-electron chi connectivity index (χ0n) is 11.8. The van der Waals surface area contributed by atoms with E-state index in [4.69, 9.17) is 11.6 Å². The Morgan fingerprint density at radius 2 is 2.14 bits per heavy atom. The van der Waals surface area contributed by atoms with Gasteiger partial charge in [-0.2, -0.15) is 0 Å². The Balaban J connectivity index is 1.69. The minimum absolute atomic E-state index is 0.000355. The van der Waals surface area contributed by atoms with Crippen LogP contribution < -0.4 is 5.32 Å². The average Bonchev–Trinajstić information content (AvgIpc) is 2.95. The predicted molar refractivity (Wildman–Crippen MR) is 84.6 cm³/mol. The number of aryl methyl sites for hydroxylation is 1. The highest BCUT2D eigenvalue weighted by Crippen LogP contribution is 2.14. The first-order chi connectivity index (χ1) is 10.2. The standard InChI is InChI=1S/C14H17ClN4OS/c1-2-19-10-17-18-14(19)21-9-13(20)16-8-7-11-3-5-12(15)6-4-11/h3-6,10H,2,7-9H2,1H3,(H,16,20). The van der Waals surface area contributed by atoms with E-state index >= 15 is 0 Å². The summed E-state index contributed by atoms with van der Waals surface area (Å²) >= 11 is 7.22. The largest absolute Gasteiger partial charge is 0.355 e. The third kappa shape index (κ3) is 5.06. The van der Waals surface area contributed by atoms with Crippen molar-refractivity contribution < 1.29 is 4.79 Å². The summed E-state index contributed by atoms with van der Waals surface area (Å²) in [5, 5.41) is 12.2. The SMILES string of the molecule is CCn1cnnc1SCC(=O)NCCc1ccc(Cl)cc1. The van der Waals surface area contributed by atoms with Crippen LogP contribution in [0.2, 0.25) is 5.02 Å². The van der Waals surface area contributed by atoms with Crippen LogP contribution in [0.25, 0.3) is 0 Å². The van der Waals surface area contributed by atoms with Gasteiger partial charge >= 0.3 is 0 Å². The number of nitrogens with one attached hydrogen (secondary N) is 1. The van der Waals surface area contributed by atoms with Crippen molar-refractivity contribution in [2.45, 2.75) is 25.0 Å². The number of hydrogen-bond donors (Lipinski definition) is 1. The Morgan fingerprint density at radius 1 is 1.38 bits per heavy atom. The van der Waals surface area contributed by atoms with Crippen molar-refractivity contribution in [2.24, 2.45) is 0 Å². The Kier molecular flexibility index (Phi) is 6.07. The molecule has 2 rings (SSSR count). The summed E-state index contributed by atoms with van der Waals surface area (Å²) in [5.41, 5.74) is 1.15. The molecule has 0 spiro atoms. The minimum atomic E-state index is -0.000355. The molecule has 0 saturated carbocycles. The first-order valence-electron chi connectivity index (χ1n) is 6.70. The number of hydrogen-bond acceptors (Lipinski definition) is 4. The van der Waals surface area contributed by atoms with Gasteiger partial charge in [-0.1, -0.05) is 35.5 Å². The molecule has 2 aromatic rings. The highest BCUT2D eigenvalue weighted by atomic mass is 35.5. The monoisotopic (exact) mass is 324 g/mol. The van der Waals surface area contributed by atoms with Gasteiger partial charge in [0.05, 0.1) is 5.75 Å². The Hall–Kier alpha value is -1.53. The normalized spacial score (nSPS) is 10.6. The van der Waals surface area contributed by atoms with Gasteiger partial charge in [0, 0.05) is 18.1 Å². The molecule has 1 N–H and O–H groups in total. The van der Waals surface area contributed by atoms with E-state index in [0.717, 1.165) is 28.7 Å². The number of benzene rings is 1. The predicted octanol–water partition coefficient (Wildman–Crippen LogP) is 2.40. The van der Waals surface area contributed by atoms with Crippen LogP contribution in [0.5, 0.6) is 0 Å². The van der Waals surface area contributed by atoms with Crippen molar-refractivity contribution >= 4 is 29.3 Å². The molecule has 0 unspecified atom stereocenters. The quantitative estimate of drug-likeness (QED) is 0.795. The van der Waals surface area contributed by atoms with Crippen LogP contribution in [0.15, 0.2) is 35.7 Å². The van der Waals surface area contributed by atoms with Crippen molar-refractivity contribution in [3.63, 3.8) is 0 Å². The van der Waals surface area contributed by atoms with E-state index in [1.54, 1.807) is 6.33 Å².